The summed E-state index contributed by atoms with van der Waals surface area (Å²) in [5, 5.41) is 0. The van der Waals surface area contributed by atoms with E-state index in [9.17, 15) is 25.3 Å². The number of sulfone groups is 3. The Labute approximate surface area is 176 Å². The van der Waals surface area contributed by atoms with E-state index in [1.165, 1.54) is 0 Å². The normalized spacial score (nSPS) is 13.3. The quantitative estimate of drug-likeness (QED) is 0.463. The first-order valence-electron chi connectivity index (χ1n) is 10.0. The van der Waals surface area contributed by atoms with Gasteiger partial charge in [-0.1, -0.05) is 41.0 Å². The molecule has 168 valence electrons. The second kappa shape index (κ2) is 10.4. The summed E-state index contributed by atoms with van der Waals surface area (Å²) in [7, 11) is -11.4. The Morgan fingerprint density at radius 1 is 0.621 bits per heavy atom. The molecule has 29 heavy (non-hydrogen) atoms. The second-order valence-corrected chi connectivity index (χ2v) is 14.6. The topological polar surface area (TPSA) is 102 Å². The third-order valence-electron chi connectivity index (χ3n) is 4.63. The van der Waals surface area contributed by atoms with Gasteiger partial charge in [0, 0.05) is 0 Å². The Bertz CT molecular complexity index is 928. The third kappa shape index (κ3) is 8.02. The van der Waals surface area contributed by atoms with Crippen LogP contribution in [0.15, 0.2) is 32.9 Å². The van der Waals surface area contributed by atoms with Crippen LogP contribution in [0.5, 0.6) is 0 Å². The molecular formula is C20H34O6S3. The molecule has 0 saturated heterocycles. The summed E-state index contributed by atoms with van der Waals surface area (Å²) in [5.74, 6) is -0.167. The first-order valence-corrected chi connectivity index (χ1v) is 15.0. The van der Waals surface area contributed by atoms with E-state index < -0.39 is 29.5 Å². The number of unbranched alkanes of at least 4 members (excludes halogenated alkanes) is 1. The fourth-order valence-electron chi connectivity index (χ4n) is 2.55. The standard InChI is InChI=1S/C20H34O6S3/c1-6-7-10-27(21,22)18-13-19(28(23,24)11-8-16(2)3)15-20(14-18)29(25,26)12-9-17(4)5/h13-17H,6-12H2,1-5H3. The van der Waals surface area contributed by atoms with Crippen molar-refractivity contribution in [3.05, 3.63) is 18.2 Å². The van der Waals surface area contributed by atoms with Gasteiger partial charge in [0.15, 0.2) is 29.5 Å². The van der Waals surface area contributed by atoms with Crippen molar-refractivity contribution in [1.29, 1.82) is 0 Å². The molecule has 0 spiro atoms. The lowest BCUT2D eigenvalue weighted by molar-refractivity contribution is 0.570. The molecule has 0 N–H and O–H groups in total. The van der Waals surface area contributed by atoms with E-state index in [-0.39, 0.29) is 43.8 Å². The molecule has 0 aromatic heterocycles. The monoisotopic (exact) mass is 466 g/mol. The van der Waals surface area contributed by atoms with Gasteiger partial charge in [-0.05, 0) is 49.3 Å². The Balaban J connectivity index is 3.56. The zero-order valence-corrected chi connectivity index (χ0v) is 20.5. The molecule has 0 aliphatic carbocycles. The van der Waals surface area contributed by atoms with Crippen LogP contribution in [0, 0.1) is 11.8 Å². The number of hydrogen-bond donors (Lipinski definition) is 0. The zero-order valence-electron chi connectivity index (χ0n) is 18.0. The molecule has 1 aromatic carbocycles. The molecule has 0 aliphatic heterocycles. The molecular weight excluding hydrogens is 432 g/mol. The van der Waals surface area contributed by atoms with Crippen LogP contribution in [0.2, 0.25) is 0 Å². The third-order valence-corrected chi connectivity index (χ3v) is 9.86. The minimum absolute atomic E-state index is 0.148. The smallest absolute Gasteiger partial charge is 0.178 e. The molecule has 1 aromatic rings. The van der Waals surface area contributed by atoms with Crippen LogP contribution in [0.25, 0.3) is 0 Å². The Hall–Kier alpha value is -0.930. The highest BCUT2D eigenvalue weighted by Gasteiger charge is 2.25. The highest BCUT2D eigenvalue weighted by Crippen LogP contribution is 2.26. The van der Waals surface area contributed by atoms with E-state index in [4.69, 9.17) is 0 Å². The molecule has 9 heteroatoms. The summed E-state index contributed by atoms with van der Waals surface area (Å²) >= 11 is 0. The van der Waals surface area contributed by atoms with Crippen LogP contribution in [0.3, 0.4) is 0 Å². The lowest BCUT2D eigenvalue weighted by Crippen LogP contribution is -2.15. The number of rotatable bonds is 12. The second-order valence-electron chi connectivity index (χ2n) is 8.32. The first kappa shape index (κ1) is 26.1. The van der Waals surface area contributed by atoms with Crippen molar-refractivity contribution in [2.75, 3.05) is 17.3 Å². The minimum Gasteiger partial charge on any atom is -0.224 e. The van der Waals surface area contributed by atoms with Crippen molar-refractivity contribution in [3.8, 4) is 0 Å². The predicted octanol–water partition coefficient (Wildman–Crippen LogP) is 3.90. The van der Waals surface area contributed by atoms with Gasteiger partial charge in [0.2, 0.25) is 0 Å². The predicted molar refractivity (Wildman–Crippen MR) is 116 cm³/mol. The molecule has 0 radical (unpaired) electrons. The summed E-state index contributed by atoms with van der Waals surface area (Å²) < 4.78 is 76.5. The molecule has 0 bridgehead atoms. The maximum atomic E-state index is 12.8. The largest absolute Gasteiger partial charge is 0.224 e. The van der Waals surface area contributed by atoms with Crippen LogP contribution in [-0.2, 0) is 29.5 Å². The zero-order chi connectivity index (χ0) is 22.5. The average Bonchev–Trinajstić information content (AvgIpc) is 2.63. The van der Waals surface area contributed by atoms with Crippen molar-refractivity contribution in [2.24, 2.45) is 11.8 Å². The van der Waals surface area contributed by atoms with Gasteiger partial charge in [0.1, 0.15) is 0 Å². The van der Waals surface area contributed by atoms with E-state index in [1.807, 2.05) is 34.6 Å². The fraction of sp³-hybridized carbons (Fsp3) is 0.700. The van der Waals surface area contributed by atoms with Crippen molar-refractivity contribution >= 4 is 29.5 Å². The van der Waals surface area contributed by atoms with E-state index in [0.717, 1.165) is 18.2 Å². The lowest BCUT2D eigenvalue weighted by atomic mass is 10.2. The Morgan fingerprint density at radius 3 is 1.21 bits per heavy atom. The fourth-order valence-corrected chi connectivity index (χ4v) is 7.56. The maximum Gasteiger partial charge on any atom is 0.178 e. The molecule has 0 aliphatic rings. The van der Waals surface area contributed by atoms with Crippen molar-refractivity contribution in [1.82, 2.24) is 0 Å². The average molecular weight is 467 g/mol. The molecule has 0 amide bonds. The summed E-state index contributed by atoms with van der Waals surface area (Å²) in [6.45, 7) is 9.42. The van der Waals surface area contributed by atoms with Gasteiger partial charge in [-0.15, -0.1) is 0 Å². The van der Waals surface area contributed by atoms with Crippen molar-refractivity contribution in [2.45, 2.75) is 75.0 Å². The Kier molecular flexibility index (Phi) is 9.36. The minimum atomic E-state index is -3.80. The molecule has 0 atom stereocenters. The molecule has 1 rings (SSSR count). The molecule has 6 nitrogen and oxygen atoms in total. The molecule has 0 saturated carbocycles. The van der Waals surface area contributed by atoms with E-state index >= 15 is 0 Å². The van der Waals surface area contributed by atoms with Gasteiger partial charge < -0.3 is 0 Å². The van der Waals surface area contributed by atoms with E-state index in [0.29, 0.717) is 25.7 Å². The summed E-state index contributed by atoms with van der Waals surface area (Å²) in [6, 6.07) is 3.34. The molecule has 0 heterocycles. The van der Waals surface area contributed by atoms with Crippen LogP contribution in [0.1, 0.15) is 60.3 Å². The SMILES string of the molecule is CCCCS(=O)(=O)c1cc(S(=O)(=O)CCC(C)C)cc(S(=O)(=O)CCC(C)C)c1. The van der Waals surface area contributed by atoms with Crippen molar-refractivity contribution < 1.29 is 25.3 Å². The molecule has 0 unspecified atom stereocenters. The van der Waals surface area contributed by atoms with Crippen molar-refractivity contribution in [3.63, 3.8) is 0 Å². The van der Waals surface area contributed by atoms with Gasteiger partial charge in [-0.2, -0.15) is 0 Å². The highest BCUT2D eigenvalue weighted by molar-refractivity contribution is 7.93. The van der Waals surface area contributed by atoms with Crippen LogP contribution in [0.4, 0.5) is 0 Å². The van der Waals surface area contributed by atoms with Gasteiger partial charge >= 0.3 is 0 Å². The first-order chi connectivity index (χ1) is 13.2. The molecule has 0 fully saturated rings. The van der Waals surface area contributed by atoms with Gasteiger partial charge in [-0.25, -0.2) is 25.3 Å². The lowest BCUT2D eigenvalue weighted by Gasteiger charge is -2.13. The Morgan fingerprint density at radius 2 is 0.931 bits per heavy atom. The van der Waals surface area contributed by atoms with Crippen LogP contribution in [-0.4, -0.2) is 42.5 Å². The summed E-state index contributed by atoms with van der Waals surface area (Å²) in [5.41, 5.74) is 0. The summed E-state index contributed by atoms with van der Waals surface area (Å²) in [4.78, 5) is -0.711. The highest BCUT2D eigenvalue weighted by atomic mass is 32.2. The van der Waals surface area contributed by atoms with Crippen LogP contribution >= 0.6 is 0 Å². The summed E-state index contributed by atoms with van der Waals surface area (Å²) in [6.07, 6.45) is 1.89. The number of hydrogen-bond acceptors (Lipinski definition) is 6. The van der Waals surface area contributed by atoms with Gasteiger partial charge in [-0.3, -0.25) is 0 Å². The number of benzene rings is 1. The van der Waals surface area contributed by atoms with Crippen LogP contribution < -0.4 is 0 Å². The van der Waals surface area contributed by atoms with Gasteiger partial charge in [0.25, 0.3) is 0 Å². The van der Waals surface area contributed by atoms with Gasteiger partial charge in [0.05, 0.1) is 31.9 Å². The van der Waals surface area contributed by atoms with E-state index in [1.54, 1.807) is 0 Å². The maximum absolute atomic E-state index is 12.8. The van der Waals surface area contributed by atoms with E-state index in [2.05, 4.69) is 0 Å².